The molecule has 28 heavy (non-hydrogen) atoms. The van der Waals surface area contributed by atoms with Crippen LogP contribution in [0.1, 0.15) is 12.0 Å². The Morgan fingerprint density at radius 1 is 1.14 bits per heavy atom. The van der Waals surface area contributed by atoms with Gasteiger partial charge in [-0.2, -0.15) is 0 Å². The van der Waals surface area contributed by atoms with E-state index in [0.717, 1.165) is 17.0 Å². The molecule has 140 valence electrons. The lowest BCUT2D eigenvalue weighted by Gasteiger charge is -2.16. The topological polar surface area (TPSA) is 32.7 Å². The van der Waals surface area contributed by atoms with Crippen LogP contribution in [-0.4, -0.2) is 23.0 Å². The highest BCUT2D eigenvalue weighted by Gasteiger charge is 2.31. The molecule has 2 aliphatic rings. The molecule has 0 bridgehead atoms. The molecule has 1 saturated heterocycles. The van der Waals surface area contributed by atoms with Crippen molar-refractivity contribution in [3.8, 4) is 0 Å². The first kappa shape index (κ1) is 18.8. The number of thioether (sulfide) groups is 1. The summed E-state index contributed by atoms with van der Waals surface area (Å²) in [6, 6.07) is 17.6. The van der Waals surface area contributed by atoms with Gasteiger partial charge in [-0.3, -0.25) is 9.69 Å². The molecule has 1 unspecified atom stereocenters. The Bertz CT molecular complexity index is 1010. The van der Waals surface area contributed by atoms with Crippen LogP contribution >= 0.6 is 23.4 Å². The molecule has 5 heteroatoms. The summed E-state index contributed by atoms with van der Waals surface area (Å²) in [5.74, 6) is 0.178. The lowest BCUT2D eigenvalue weighted by molar-refractivity contribution is -0.121. The Morgan fingerprint density at radius 2 is 1.89 bits per heavy atom. The first-order chi connectivity index (χ1) is 13.6. The van der Waals surface area contributed by atoms with Gasteiger partial charge < -0.3 is 0 Å². The van der Waals surface area contributed by atoms with Crippen LogP contribution in [0.15, 0.2) is 88.8 Å². The van der Waals surface area contributed by atoms with Crippen molar-refractivity contribution >= 4 is 45.7 Å². The predicted molar refractivity (Wildman–Crippen MR) is 119 cm³/mol. The van der Waals surface area contributed by atoms with E-state index in [9.17, 15) is 4.79 Å². The molecular formula is C23H19ClN2OS. The number of aliphatic imine (C=N–C) groups is 1. The highest BCUT2D eigenvalue weighted by Crippen LogP contribution is 2.35. The Morgan fingerprint density at radius 3 is 2.64 bits per heavy atom. The molecular weight excluding hydrogens is 388 g/mol. The third kappa shape index (κ3) is 4.13. The summed E-state index contributed by atoms with van der Waals surface area (Å²) >= 11 is 7.35. The van der Waals surface area contributed by atoms with Crippen LogP contribution < -0.4 is 0 Å². The third-order valence-corrected chi connectivity index (χ3v) is 6.01. The summed E-state index contributed by atoms with van der Waals surface area (Å²) in [7, 11) is 1.76. The Kier molecular flexibility index (Phi) is 5.51. The molecule has 2 aromatic rings. The molecule has 0 spiro atoms. The van der Waals surface area contributed by atoms with Crippen molar-refractivity contribution in [2.45, 2.75) is 6.42 Å². The third-order valence-electron chi connectivity index (χ3n) is 4.68. The molecule has 1 amide bonds. The van der Waals surface area contributed by atoms with Crippen molar-refractivity contribution in [3.05, 3.63) is 94.4 Å². The van der Waals surface area contributed by atoms with Crippen LogP contribution in [-0.2, 0) is 4.79 Å². The molecule has 0 N–H and O–H groups in total. The zero-order valence-corrected chi connectivity index (χ0v) is 17.0. The monoisotopic (exact) mass is 406 g/mol. The number of likely N-dealkylation sites (N-methyl/N-ethyl adjacent to an activating group) is 1. The number of hydrogen-bond donors (Lipinski definition) is 0. The van der Waals surface area contributed by atoms with Crippen LogP contribution in [0.4, 0.5) is 5.69 Å². The smallest absolute Gasteiger partial charge is 0.266 e. The number of allylic oxidation sites excluding steroid dienone is 5. The van der Waals surface area contributed by atoms with Gasteiger partial charge in [0.2, 0.25) is 0 Å². The minimum Gasteiger partial charge on any atom is -0.290 e. The Hall–Kier alpha value is -2.56. The summed E-state index contributed by atoms with van der Waals surface area (Å²) in [4.78, 5) is 19.6. The van der Waals surface area contributed by atoms with Crippen LogP contribution in [0.25, 0.3) is 5.57 Å². The van der Waals surface area contributed by atoms with Gasteiger partial charge in [0.05, 0.1) is 10.6 Å². The summed E-state index contributed by atoms with van der Waals surface area (Å²) in [6.07, 6.45) is 9.30. The second-order valence-electron chi connectivity index (χ2n) is 6.68. The van der Waals surface area contributed by atoms with Crippen LogP contribution in [0.3, 0.4) is 0 Å². The molecule has 1 heterocycles. The van der Waals surface area contributed by atoms with Gasteiger partial charge in [0, 0.05) is 18.0 Å². The van der Waals surface area contributed by atoms with Gasteiger partial charge in [0.25, 0.3) is 5.91 Å². The Labute approximate surface area is 174 Å². The summed E-state index contributed by atoms with van der Waals surface area (Å²) in [6.45, 7) is 0. The first-order valence-electron chi connectivity index (χ1n) is 9.05. The number of amides is 1. The number of hydrogen-bond acceptors (Lipinski definition) is 3. The molecule has 3 nitrogen and oxygen atoms in total. The van der Waals surface area contributed by atoms with E-state index >= 15 is 0 Å². The highest BCUT2D eigenvalue weighted by molar-refractivity contribution is 8.18. The predicted octanol–water partition coefficient (Wildman–Crippen LogP) is 6.08. The number of amidine groups is 1. The molecule has 0 radical (unpaired) electrons. The number of rotatable bonds is 3. The second-order valence-corrected chi connectivity index (χ2v) is 8.12. The van der Waals surface area contributed by atoms with E-state index in [1.54, 1.807) is 24.1 Å². The summed E-state index contributed by atoms with van der Waals surface area (Å²) in [5, 5.41) is 1.34. The number of nitrogens with zero attached hydrogens (tertiary/aromatic N) is 2. The van der Waals surface area contributed by atoms with E-state index < -0.39 is 0 Å². The number of halogens is 1. The second kappa shape index (κ2) is 8.21. The quantitative estimate of drug-likeness (QED) is 0.579. The molecule has 0 aromatic heterocycles. The van der Waals surface area contributed by atoms with Crippen molar-refractivity contribution in [3.63, 3.8) is 0 Å². The normalized spacial score (nSPS) is 22.2. The van der Waals surface area contributed by atoms with Crippen LogP contribution in [0.5, 0.6) is 0 Å². The van der Waals surface area contributed by atoms with Crippen LogP contribution in [0.2, 0.25) is 5.02 Å². The molecule has 1 fully saturated rings. The van der Waals surface area contributed by atoms with E-state index in [4.69, 9.17) is 11.6 Å². The average molecular weight is 407 g/mol. The fourth-order valence-corrected chi connectivity index (χ4v) is 4.33. The fourth-order valence-electron chi connectivity index (χ4n) is 3.17. The van der Waals surface area contributed by atoms with Crippen molar-refractivity contribution in [2.24, 2.45) is 10.9 Å². The SMILES string of the molecule is CN1C(=O)/C(=C/C2C=CC=C(c3ccccc3)C2)SC1=Nc1ccc(Cl)cc1. The van der Waals surface area contributed by atoms with Crippen molar-refractivity contribution < 1.29 is 4.79 Å². The largest absolute Gasteiger partial charge is 0.290 e. The number of carbonyl (C=O) groups excluding carboxylic acids is 1. The van der Waals surface area contributed by atoms with Gasteiger partial charge in [-0.25, -0.2) is 4.99 Å². The van der Waals surface area contributed by atoms with Crippen molar-refractivity contribution in [2.75, 3.05) is 7.05 Å². The maximum atomic E-state index is 12.7. The summed E-state index contributed by atoms with van der Waals surface area (Å²) < 4.78 is 0. The summed E-state index contributed by atoms with van der Waals surface area (Å²) in [5.41, 5.74) is 3.28. The number of carbonyl (C=O) groups is 1. The average Bonchev–Trinajstić information content (AvgIpc) is 2.98. The van der Waals surface area contributed by atoms with Gasteiger partial charge >= 0.3 is 0 Å². The molecule has 4 rings (SSSR count). The number of benzene rings is 2. The fraction of sp³-hybridized carbons (Fsp3) is 0.130. The standard InChI is InChI=1S/C23H19ClN2OS/c1-26-22(27)21(28-23(26)25-20-12-10-19(24)11-13-20)15-16-6-5-9-18(14-16)17-7-3-2-4-8-17/h2-13,15-16H,14H2,1H3/b21-15-,25-23?. The molecule has 0 saturated carbocycles. The van der Waals surface area contributed by atoms with E-state index in [0.29, 0.717) is 10.2 Å². The van der Waals surface area contributed by atoms with E-state index in [1.165, 1.54) is 22.9 Å². The zero-order valence-electron chi connectivity index (χ0n) is 15.4. The minimum atomic E-state index is -0.0121. The van der Waals surface area contributed by atoms with E-state index in [-0.39, 0.29) is 11.8 Å². The van der Waals surface area contributed by atoms with Gasteiger partial charge in [0.1, 0.15) is 0 Å². The molecule has 1 aliphatic heterocycles. The van der Waals surface area contributed by atoms with Crippen LogP contribution in [0, 0.1) is 5.92 Å². The van der Waals surface area contributed by atoms with Crippen molar-refractivity contribution in [1.82, 2.24) is 4.90 Å². The maximum Gasteiger partial charge on any atom is 0.266 e. The molecule has 1 atom stereocenters. The first-order valence-corrected chi connectivity index (χ1v) is 10.2. The molecule has 1 aliphatic carbocycles. The molecule has 2 aromatic carbocycles. The van der Waals surface area contributed by atoms with Crippen molar-refractivity contribution in [1.29, 1.82) is 0 Å². The maximum absolute atomic E-state index is 12.7. The zero-order chi connectivity index (χ0) is 19.5. The van der Waals surface area contributed by atoms with Gasteiger partial charge in [-0.05, 0) is 53.6 Å². The van der Waals surface area contributed by atoms with E-state index in [1.807, 2.05) is 30.3 Å². The lowest BCUT2D eigenvalue weighted by Crippen LogP contribution is -2.23. The van der Waals surface area contributed by atoms with Gasteiger partial charge in [-0.1, -0.05) is 66.2 Å². The highest BCUT2D eigenvalue weighted by atomic mass is 35.5. The lowest BCUT2D eigenvalue weighted by atomic mass is 9.90. The van der Waals surface area contributed by atoms with Gasteiger partial charge in [0.15, 0.2) is 5.17 Å². The van der Waals surface area contributed by atoms with E-state index in [2.05, 4.69) is 41.4 Å². The Balaban J connectivity index is 1.52. The van der Waals surface area contributed by atoms with Gasteiger partial charge in [-0.15, -0.1) is 0 Å². The minimum absolute atomic E-state index is 0.0121.